The summed E-state index contributed by atoms with van der Waals surface area (Å²) in [5.74, 6) is 3.97. The Hall–Kier alpha value is -0.600. The molecule has 0 saturated heterocycles. The first kappa shape index (κ1) is 26.0. The molecular formula is C30H52O2. The number of rotatable bonds is 10. The molecule has 2 saturated carbocycles. The van der Waals surface area contributed by atoms with Crippen molar-refractivity contribution < 1.29 is 10.2 Å². The second kappa shape index (κ2) is 10.3. The number of hydrogen-bond acceptors (Lipinski definition) is 2. The molecule has 1 unspecified atom stereocenters. The summed E-state index contributed by atoms with van der Waals surface area (Å²) in [5, 5.41) is 21.3. The highest BCUT2D eigenvalue weighted by atomic mass is 16.3. The van der Waals surface area contributed by atoms with Gasteiger partial charge in [-0.3, -0.25) is 0 Å². The molecule has 184 valence electrons. The summed E-state index contributed by atoms with van der Waals surface area (Å²) < 4.78 is 0. The highest BCUT2D eigenvalue weighted by molar-refractivity contribution is 5.25. The Balaban J connectivity index is 1.67. The van der Waals surface area contributed by atoms with E-state index in [4.69, 9.17) is 0 Å². The largest absolute Gasteiger partial charge is 0.390 e. The fraction of sp³-hybridized carbons (Fsp3) is 0.867. The molecule has 2 nitrogen and oxygen atoms in total. The normalized spacial score (nSPS) is 40.3. The maximum absolute atomic E-state index is 10.7. The molecule has 0 spiro atoms. The molecule has 3 aliphatic carbocycles. The molecule has 2 fully saturated rings. The van der Waals surface area contributed by atoms with Crippen LogP contribution < -0.4 is 0 Å². The molecule has 0 radical (unpaired) electrons. The summed E-state index contributed by atoms with van der Waals surface area (Å²) in [6, 6.07) is 0. The van der Waals surface area contributed by atoms with Crippen LogP contribution in [-0.4, -0.2) is 21.4 Å². The summed E-state index contributed by atoms with van der Waals surface area (Å²) in [6.45, 7) is 15.1. The van der Waals surface area contributed by atoms with E-state index in [2.05, 4.69) is 33.4 Å². The zero-order chi connectivity index (χ0) is 23.6. The van der Waals surface area contributed by atoms with Crippen LogP contribution in [0.3, 0.4) is 0 Å². The van der Waals surface area contributed by atoms with E-state index in [1.54, 1.807) is 5.57 Å². The van der Waals surface area contributed by atoms with Gasteiger partial charge >= 0.3 is 0 Å². The van der Waals surface area contributed by atoms with Gasteiger partial charge in [0.1, 0.15) is 0 Å². The van der Waals surface area contributed by atoms with Crippen LogP contribution in [0.4, 0.5) is 0 Å². The van der Waals surface area contributed by atoms with Gasteiger partial charge in [0, 0.05) is 0 Å². The average molecular weight is 445 g/mol. The fourth-order valence-corrected chi connectivity index (χ4v) is 7.66. The SMILES string of the molecule is C=CCC(C)(O)CC[C@@H](C)[C@H]1CC[C@@H]([C@@H]2CC=C3C[C@@](C)(O)CC[C@]3(C)[C@H]2CCCC)C1. The Morgan fingerprint density at radius 2 is 2.03 bits per heavy atom. The van der Waals surface area contributed by atoms with E-state index in [1.807, 2.05) is 19.9 Å². The van der Waals surface area contributed by atoms with Crippen LogP contribution in [0.15, 0.2) is 24.3 Å². The van der Waals surface area contributed by atoms with Crippen molar-refractivity contribution in [2.45, 2.75) is 129 Å². The molecule has 0 aromatic heterocycles. The van der Waals surface area contributed by atoms with Crippen LogP contribution in [0.5, 0.6) is 0 Å². The first-order chi connectivity index (χ1) is 15.0. The lowest BCUT2D eigenvalue weighted by atomic mass is 9.52. The van der Waals surface area contributed by atoms with Crippen molar-refractivity contribution in [3.63, 3.8) is 0 Å². The first-order valence-corrected chi connectivity index (χ1v) is 13.8. The number of fused-ring (bicyclic) bond motifs is 1. The van der Waals surface area contributed by atoms with Gasteiger partial charge in [-0.25, -0.2) is 0 Å². The molecule has 8 atom stereocenters. The standard InChI is InChI=1S/C30H52O2/c1-7-9-10-27-26(14-13-25-21-29(5,32)18-19-30(25,27)6)24-12-11-23(20-24)22(3)15-17-28(4,31)16-8-2/h8,13,22-24,26-27,31-32H,2,7,9-12,14-21H2,1,3-6H3/t22-,23+,24-,26+,27+,28?,29+,30+/m1/s1. The van der Waals surface area contributed by atoms with Gasteiger partial charge in [0.25, 0.3) is 0 Å². The van der Waals surface area contributed by atoms with Crippen molar-refractivity contribution in [1.29, 1.82) is 0 Å². The van der Waals surface area contributed by atoms with Gasteiger partial charge in [-0.15, -0.1) is 6.58 Å². The second-order valence-electron chi connectivity index (χ2n) is 12.8. The minimum absolute atomic E-state index is 0.299. The third-order valence-electron chi connectivity index (χ3n) is 9.97. The lowest BCUT2D eigenvalue weighted by Crippen LogP contribution is -2.46. The monoisotopic (exact) mass is 444 g/mol. The van der Waals surface area contributed by atoms with E-state index in [-0.39, 0.29) is 0 Å². The minimum atomic E-state index is -0.597. The zero-order valence-corrected chi connectivity index (χ0v) is 21.8. The number of hydrogen-bond donors (Lipinski definition) is 2. The van der Waals surface area contributed by atoms with Gasteiger partial charge in [0.05, 0.1) is 11.2 Å². The molecular weight excluding hydrogens is 392 g/mol. The molecule has 0 aliphatic heterocycles. The molecule has 0 bridgehead atoms. The molecule has 2 N–H and O–H groups in total. The van der Waals surface area contributed by atoms with E-state index >= 15 is 0 Å². The van der Waals surface area contributed by atoms with Crippen LogP contribution in [0, 0.1) is 35.0 Å². The van der Waals surface area contributed by atoms with Crippen LogP contribution >= 0.6 is 0 Å². The summed E-state index contributed by atoms with van der Waals surface area (Å²) in [7, 11) is 0. The number of aliphatic hydroxyl groups is 2. The van der Waals surface area contributed by atoms with E-state index in [0.717, 1.165) is 55.8 Å². The minimum Gasteiger partial charge on any atom is -0.390 e. The molecule has 0 aromatic rings. The van der Waals surface area contributed by atoms with Gasteiger partial charge in [0.2, 0.25) is 0 Å². The molecule has 0 aromatic carbocycles. The molecule has 32 heavy (non-hydrogen) atoms. The molecule has 0 heterocycles. The Morgan fingerprint density at radius 3 is 2.72 bits per heavy atom. The van der Waals surface area contributed by atoms with Crippen LogP contribution in [-0.2, 0) is 0 Å². The Kier molecular flexibility index (Phi) is 8.41. The highest BCUT2D eigenvalue weighted by Crippen LogP contribution is 2.59. The third kappa shape index (κ3) is 5.90. The van der Waals surface area contributed by atoms with Crippen molar-refractivity contribution in [3.8, 4) is 0 Å². The Labute approximate surface area is 199 Å². The summed E-state index contributed by atoms with van der Waals surface area (Å²) in [6.07, 6.45) is 19.4. The quantitative estimate of drug-likeness (QED) is 0.337. The van der Waals surface area contributed by atoms with Crippen LogP contribution in [0.25, 0.3) is 0 Å². The van der Waals surface area contributed by atoms with Crippen LogP contribution in [0.1, 0.15) is 118 Å². The third-order valence-corrected chi connectivity index (χ3v) is 9.97. The van der Waals surface area contributed by atoms with Crippen molar-refractivity contribution >= 4 is 0 Å². The molecule has 2 heteroatoms. The summed E-state index contributed by atoms with van der Waals surface area (Å²) >= 11 is 0. The van der Waals surface area contributed by atoms with Crippen molar-refractivity contribution in [2.75, 3.05) is 0 Å². The lowest BCUT2D eigenvalue weighted by Gasteiger charge is -2.53. The van der Waals surface area contributed by atoms with Gasteiger partial charge < -0.3 is 10.2 Å². The maximum Gasteiger partial charge on any atom is 0.0657 e. The Bertz CT molecular complexity index is 660. The van der Waals surface area contributed by atoms with Crippen molar-refractivity contribution in [2.24, 2.45) is 35.0 Å². The Morgan fingerprint density at radius 1 is 1.28 bits per heavy atom. The highest BCUT2D eigenvalue weighted by Gasteiger charge is 2.50. The maximum atomic E-state index is 10.7. The molecule has 0 amide bonds. The first-order valence-electron chi connectivity index (χ1n) is 13.8. The molecule has 3 rings (SSSR count). The van der Waals surface area contributed by atoms with Crippen molar-refractivity contribution in [1.82, 2.24) is 0 Å². The van der Waals surface area contributed by atoms with E-state index in [1.165, 1.54) is 44.9 Å². The predicted octanol–water partition coefficient (Wildman–Crippen LogP) is 7.84. The van der Waals surface area contributed by atoms with Gasteiger partial charge in [-0.2, -0.15) is 0 Å². The van der Waals surface area contributed by atoms with E-state index in [0.29, 0.717) is 17.8 Å². The topological polar surface area (TPSA) is 40.5 Å². The van der Waals surface area contributed by atoms with E-state index in [9.17, 15) is 10.2 Å². The van der Waals surface area contributed by atoms with Gasteiger partial charge in [-0.05, 0) is 119 Å². The van der Waals surface area contributed by atoms with Crippen molar-refractivity contribution in [3.05, 3.63) is 24.3 Å². The lowest BCUT2D eigenvalue weighted by molar-refractivity contribution is -0.0222. The van der Waals surface area contributed by atoms with Crippen LogP contribution in [0.2, 0.25) is 0 Å². The smallest absolute Gasteiger partial charge is 0.0657 e. The molecule has 3 aliphatic rings. The predicted molar refractivity (Wildman–Crippen MR) is 136 cm³/mol. The van der Waals surface area contributed by atoms with Gasteiger partial charge in [0.15, 0.2) is 0 Å². The summed E-state index contributed by atoms with van der Waals surface area (Å²) in [5.41, 5.74) is 0.765. The second-order valence-corrected chi connectivity index (χ2v) is 12.8. The average Bonchev–Trinajstić information content (AvgIpc) is 3.21. The zero-order valence-electron chi connectivity index (χ0n) is 21.8. The van der Waals surface area contributed by atoms with Gasteiger partial charge in [-0.1, -0.05) is 51.3 Å². The fourth-order valence-electron chi connectivity index (χ4n) is 7.66. The van der Waals surface area contributed by atoms with E-state index < -0.39 is 11.2 Å². The summed E-state index contributed by atoms with van der Waals surface area (Å²) in [4.78, 5) is 0. The number of allylic oxidation sites excluding steroid dienone is 1. The number of unbranched alkanes of at least 4 members (excludes halogenated alkanes) is 1.